The number of thioether (sulfide) groups is 1. The molecule has 1 N–H and O–H groups in total. The number of rotatable bonds is 6. The predicted molar refractivity (Wildman–Crippen MR) is 76.9 cm³/mol. The highest BCUT2D eigenvalue weighted by molar-refractivity contribution is 8.01. The number of hydrogen-bond acceptors (Lipinski definition) is 6. The molecule has 0 bridgehead atoms. The van der Waals surface area contributed by atoms with Crippen molar-refractivity contribution in [2.75, 3.05) is 24.7 Å². The van der Waals surface area contributed by atoms with Gasteiger partial charge in [0, 0.05) is 12.8 Å². The fourth-order valence-electron chi connectivity index (χ4n) is 1.37. The maximum absolute atomic E-state index is 5.71. The molecule has 2 rings (SSSR count). The van der Waals surface area contributed by atoms with Crippen molar-refractivity contribution in [3.05, 3.63) is 29.8 Å². The van der Waals surface area contributed by atoms with Crippen molar-refractivity contribution >= 4 is 28.2 Å². The SMILES string of the molecule is CNc1nnc(SCCOc2ccccc2C)s1. The molecule has 0 amide bonds. The van der Waals surface area contributed by atoms with Crippen LogP contribution >= 0.6 is 23.1 Å². The molecule has 0 fully saturated rings. The molecule has 0 aliphatic carbocycles. The highest BCUT2D eigenvalue weighted by Gasteiger charge is 2.03. The predicted octanol–water partition coefficient (Wildman–Crippen LogP) is 3.06. The van der Waals surface area contributed by atoms with Crippen LogP contribution in [0.3, 0.4) is 0 Å². The fraction of sp³-hybridized carbons (Fsp3) is 0.333. The second-order valence-corrected chi connectivity index (χ2v) is 5.91. The number of aromatic nitrogens is 2. The molecule has 0 saturated carbocycles. The van der Waals surface area contributed by atoms with Crippen LogP contribution in [0.1, 0.15) is 5.56 Å². The van der Waals surface area contributed by atoms with Gasteiger partial charge in [0.25, 0.3) is 0 Å². The average molecular weight is 281 g/mol. The normalized spacial score (nSPS) is 10.3. The number of anilines is 1. The van der Waals surface area contributed by atoms with Crippen LogP contribution in [0.5, 0.6) is 5.75 Å². The lowest BCUT2D eigenvalue weighted by Gasteiger charge is -2.07. The third-order valence-electron chi connectivity index (χ3n) is 2.28. The lowest BCUT2D eigenvalue weighted by Crippen LogP contribution is -2.01. The highest BCUT2D eigenvalue weighted by Crippen LogP contribution is 2.25. The van der Waals surface area contributed by atoms with E-state index >= 15 is 0 Å². The third-order valence-corrected chi connectivity index (χ3v) is 4.32. The first-order valence-corrected chi connectivity index (χ1v) is 7.42. The van der Waals surface area contributed by atoms with Gasteiger partial charge in [0.05, 0.1) is 6.61 Å². The Morgan fingerprint density at radius 1 is 1.33 bits per heavy atom. The zero-order valence-electron chi connectivity index (χ0n) is 10.3. The van der Waals surface area contributed by atoms with Gasteiger partial charge < -0.3 is 10.1 Å². The van der Waals surface area contributed by atoms with E-state index in [0.29, 0.717) is 6.61 Å². The lowest BCUT2D eigenvalue weighted by molar-refractivity contribution is 0.341. The Morgan fingerprint density at radius 3 is 2.89 bits per heavy atom. The van der Waals surface area contributed by atoms with Crippen molar-refractivity contribution in [3.8, 4) is 5.75 Å². The molecule has 0 spiro atoms. The van der Waals surface area contributed by atoms with E-state index in [1.54, 1.807) is 23.1 Å². The summed E-state index contributed by atoms with van der Waals surface area (Å²) in [6, 6.07) is 8.04. The Bertz CT molecular complexity index is 502. The summed E-state index contributed by atoms with van der Waals surface area (Å²) < 4.78 is 6.68. The molecular formula is C12H15N3OS2. The molecule has 4 nitrogen and oxygen atoms in total. The summed E-state index contributed by atoms with van der Waals surface area (Å²) in [7, 11) is 1.84. The first-order valence-electron chi connectivity index (χ1n) is 5.62. The van der Waals surface area contributed by atoms with Crippen molar-refractivity contribution in [1.29, 1.82) is 0 Å². The van der Waals surface area contributed by atoms with Crippen LogP contribution in [-0.4, -0.2) is 29.6 Å². The molecule has 0 aliphatic heterocycles. The van der Waals surface area contributed by atoms with E-state index in [-0.39, 0.29) is 0 Å². The molecular weight excluding hydrogens is 266 g/mol. The van der Waals surface area contributed by atoms with Crippen LogP contribution in [0.2, 0.25) is 0 Å². The first kappa shape index (κ1) is 13.2. The van der Waals surface area contributed by atoms with Crippen LogP contribution < -0.4 is 10.1 Å². The molecule has 1 aromatic heterocycles. The summed E-state index contributed by atoms with van der Waals surface area (Å²) in [5, 5.41) is 11.9. The van der Waals surface area contributed by atoms with Gasteiger partial charge in [-0.1, -0.05) is 41.3 Å². The van der Waals surface area contributed by atoms with Crippen molar-refractivity contribution in [3.63, 3.8) is 0 Å². The van der Waals surface area contributed by atoms with Gasteiger partial charge in [0.1, 0.15) is 5.75 Å². The van der Waals surface area contributed by atoms with E-state index in [1.165, 1.54) is 0 Å². The van der Waals surface area contributed by atoms with Gasteiger partial charge in [-0.25, -0.2) is 0 Å². The monoisotopic (exact) mass is 281 g/mol. The van der Waals surface area contributed by atoms with Crippen molar-refractivity contribution in [2.24, 2.45) is 0 Å². The topological polar surface area (TPSA) is 47.0 Å². The first-order chi connectivity index (χ1) is 8.79. The summed E-state index contributed by atoms with van der Waals surface area (Å²) in [5.74, 6) is 1.82. The summed E-state index contributed by atoms with van der Waals surface area (Å²) in [6.45, 7) is 2.72. The third kappa shape index (κ3) is 3.61. The average Bonchev–Trinajstić information content (AvgIpc) is 2.84. The molecule has 18 heavy (non-hydrogen) atoms. The smallest absolute Gasteiger partial charge is 0.206 e. The summed E-state index contributed by atoms with van der Waals surface area (Å²) in [4.78, 5) is 0. The standard InChI is InChI=1S/C12H15N3OS2/c1-9-5-3-4-6-10(9)16-7-8-17-12-15-14-11(13-2)18-12/h3-6H,7-8H2,1-2H3,(H,13,14). The van der Waals surface area contributed by atoms with Gasteiger partial charge in [-0.15, -0.1) is 10.2 Å². The molecule has 1 heterocycles. The molecule has 0 unspecified atom stereocenters. The summed E-state index contributed by atoms with van der Waals surface area (Å²) >= 11 is 3.22. The Labute approximate surface area is 115 Å². The molecule has 96 valence electrons. The second kappa shape index (κ2) is 6.61. The van der Waals surface area contributed by atoms with Crippen molar-refractivity contribution in [1.82, 2.24) is 10.2 Å². The number of para-hydroxylation sites is 1. The van der Waals surface area contributed by atoms with Gasteiger partial charge in [0.2, 0.25) is 5.13 Å². The molecule has 0 saturated heterocycles. The maximum atomic E-state index is 5.71. The Morgan fingerprint density at radius 2 is 2.17 bits per heavy atom. The van der Waals surface area contributed by atoms with E-state index in [9.17, 15) is 0 Å². The van der Waals surface area contributed by atoms with Gasteiger partial charge in [0.15, 0.2) is 4.34 Å². The van der Waals surface area contributed by atoms with E-state index in [4.69, 9.17) is 4.74 Å². The van der Waals surface area contributed by atoms with Crippen molar-refractivity contribution in [2.45, 2.75) is 11.3 Å². The van der Waals surface area contributed by atoms with Gasteiger partial charge in [-0.2, -0.15) is 0 Å². The zero-order valence-corrected chi connectivity index (χ0v) is 12.0. The largest absolute Gasteiger partial charge is 0.492 e. The van der Waals surface area contributed by atoms with E-state index in [2.05, 4.69) is 15.5 Å². The minimum Gasteiger partial charge on any atom is -0.492 e. The van der Waals surface area contributed by atoms with Crippen LogP contribution in [0.4, 0.5) is 5.13 Å². The molecule has 1 aromatic carbocycles. The van der Waals surface area contributed by atoms with Gasteiger partial charge >= 0.3 is 0 Å². The number of nitrogens with zero attached hydrogens (tertiary/aromatic N) is 2. The van der Waals surface area contributed by atoms with E-state index in [0.717, 1.165) is 26.5 Å². The number of ether oxygens (including phenoxy) is 1. The number of aryl methyl sites for hydroxylation is 1. The molecule has 0 atom stereocenters. The van der Waals surface area contributed by atoms with Crippen LogP contribution in [-0.2, 0) is 0 Å². The van der Waals surface area contributed by atoms with Gasteiger partial charge in [-0.05, 0) is 18.6 Å². The Kier molecular flexibility index (Phi) is 4.83. The van der Waals surface area contributed by atoms with Crippen LogP contribution in [0.25, 0.3) is 0 Å². The minimum absolute atomic E-state index is 0.671. The fourth-order valence-corrected chi connectivity index (χ4v) is 2.96. The maximum Gasteiger partial charge on any atom is 0.206 e. The number of hydrogen-bond donors (Lipinski definition) is 1. The minimum atomic E-state index is 0.671. The molecule has 2 aromatic rings. The molecule has 0 aliphatic rings. The van der Waals surface area contributed by atoms with Crippen molar-refractivity contribution < 1.29 is 4.74 Å². The van der Waals surface area contributed by atoms with E-state index in [1.807, 2.05) is 38.2 Å². The van der Waals surface area contributed by atoms with Gasteiger partial charge in [-0.3, -0.25) is 0 Å². The Balaban J connectivity index is 1.74. The van der Waals surface area contributed by atoms with E-state index < -0.39 is 0 Å². The molecule has 6 heteroatoms. The number of benzene rings is 1. The van der Waals surface area contributed by atoms with Crippen LogP contribution in [0, 0.1) is 6.92 Å². The highest BCUT2D eigenvalue weighted by atomic mass is 32.2. The Hall–Kier alpha value is -1.27. The van der Waals surface area contributed by atoms with Crippen LogP contribution in [0.15, 0.2) is 28.6 Å². The second-order valence-electron chi connectivity index (χ2n) is 3.59. The lowest BCUT2D eigenvalue weighted by atomic mass is 10.2. The molecule has 0 radical (unpaired) electrons. The quantitative estimate of drug-likeness (QED) is 0.651. The number of nitrogens with one attached hydrogen (secondary N) is 1. The zero-order chi connectivity index (χ0) is 12.8. The summed E-state index contributed by atoms with van der Waals surface area (Å²) in [5.41, 5.74) is 1.16. The summed E-state index contributed by atoms with van der Waals surface area (Å²) in [6.07, 6.45) is 0.